The largest absolute Gasteiger partial charge is 0.506 e. The lowest BCUT2D eigenvalue weighted by atomic mass is 10.1. The lowest BCUT2D eigenvalue weighted by Crippen LogP contribution is -2.02. The molecule has 14 nitrogen and oxygen atoms in total. The number of nitrogens with zero attached hydrogens (tertiary/aromatic N) is 2. The Hall–Kier alpha value is -2.68. The van der Waals surface area contributed by atoms with Crippen LogP contribution < -0.4 is 0 Å². The summed E-state index contributed by atoms with van der Waals surface area (Å²) in [7, 11) is -8.69. The van der Waals surface area contributed by atoms with Crippen LogP contribution in [0.5, 0.6) is 11.5 Å². The lowest BCUT2D eigenvalue weighted by molar-refractivity contribution is -0.432. The van der Waals surface area contributed by atoms with Gasteiger partial charge in [-0.15, -0.1) is 14.6 Å². The van der Waals surface area contributed by atoms with E-state index in [2.05, 4.69) is 19.6 Å². The van der Waals surface area contributed by atoms with Crippen molar-refractivity contribution in [2.24, 2.45) is 10.2 Å². The summed E-state index contributed by atoms with van der Waals surface area (Å²) >= 11 is -2.50. The normalized spacial score (nSPS) is 13.4. The fourth-order valence-electron chi connectivity index (χ4n) is 3.01. The molecule has 3 rings (SSSR count). The number of hydrogen-bond donors (Lipinski definition) is 5. The topological polar surface area (TPSA) is 230 Å². The molecular formula is C18H16N2O12S4. The van der Waals surface area contributed by atoms with Gasteiger partial charge in [-0.25, -0.2) is 17.9 Å². The Kier molecular flexibility index (Phi) is 8.33. The van der Waals surface area contributed by atoms with Gasteiger partial charge in [-0.2, -0.15) is 8.42 Å². The smallest absolute Gasteiger partial charge is 0.295 e. The molecule has 3 aromatic carbocycles. The number of benzene rings is 3. The van der Waals surface area contributed by atoms with Crippen molar-refractivity contribution in [1.29, 1.82) is 0 Å². The highest BCUT2D eigenvalue weighted by molar-refractivity contribution is 7.94. The maximum atomic E-state index is 12.1. The van der Waals surface area contributed by atoms with Gasteiger partial charge in [0.1, 0.15) is 22.0 Å². The first-order valence-corrected chi connectivity index (χ1v) is 14.3. The van der Waals surface area contributed by atoms with Gasteiger partial charge in [0, 0.05) is 10.3 Å². The van der Waals surface area contributed by atoms with E-state index in [-0.39, 0.29) is 26.6 Å². The third-order valence-corrected chi connectivity index (χ3v) is 8.51. The summed E-state index contributed by atoms with van der Waals surface area (Å²) < 4.78 is 83.9. The molecule has 1 unspecified atom stereocenters. The molecule has 18 heteroatoms. The van der Waals surface area contributed by atoms with Crippen molar-refractivity contribution >= 4 is 65.2 Å². The van der Waals surface area contributed by atoms with Crippen molar-refractivity contribution in [1.82, 2.24) is 0 Å². The Labute approximate surface area is 210 Å². The number of fused-ring (bicyclic) bond motifs is 1. The van der Waals surface area contributed by atoms with Crippen molar-refractivity contribution in [3.05, 3.63) is 36.4 Å². The van der Waals surface area contributed by atoms with E-state index in [1.807, 2.05) is 0 Å². The number of phenols is 2. The van der Waals surface area contributed by atoms with E-state index < -0.39 is 63.4 Å². The molecule has 0 spiro atoms. The Morgan fingerprint density at radius 1 is 1.06 bits per heavy atom. The van der Waals surface area contributed by atoms with Crippen molar-refractivity contribution < 1.29 is 55.0 Å². The van der Waals surface area contributed by atoms with Gasteiger partial charge in [0.2, 0.25) is 0 Å². The maximum absolute atomic E-state index is 12.1. The van der Waals surface area contributed by atoms with E-state index in [1.54, 1.807) is 0 Å². The molecule has 3 aromatic rings. The summed E-state index contributed by atoms with van der Waals surface area (Å²) in [6.45, 7) is 1.40. The lowest BCUT2D eigenvalue weighted by Gasteiger charge is -2.12. The second-order valence-electron chi connectivity index (χ2n) is 6.80. The molecule has 0 heterocycles. The molecule has 0 aliphatic rings. The van der Waals surface area contributed by atoms with Gasteiger partial charge in [-0.3, -0.25) is 4.55 Å². The molecule has 5 N–H and O–H groups in total. The second kappa shape index (κ2) is 10.7. The summed E-state index contributed by atoms with van der Waals surface area (Å²) in [6.07, 6.45) is 0. The standard InChI is InChI=1S/C18H16N2O12S4/c1-2-35(26,27)11-3-4-13(21)12(8-11)19-20-17-14(34(24)25)6-9-5-10(33-32-31-23)7-15(36(28,29)30)16(9)18(17)22/h3-8,21-23H,2H2,1H3,(H,24,25)(H,28,29,30)/b20-19+. The highest BCUT2D eigenvalue weighted by Crippen LogP contribution is 2.45. The molecule has 0 amide bonds. The van der Waals surface area contributed by atoms with Crippen LogP contribution in [0.3, 0.4) is 0 Å². The predicted octanol–water partition coefficient (Wildman–Crippen LogP) is 3.72. The summed E-state index contributed by atoms with van der Waals surface area (Å²) in [6, 6.07) is 6.15. The molecule has 0 radical (unpaired) electrons. The zero-order valence-corrected chi connectivity index (χ0v) is 21.1. The van der Waals surface area contributed by atoms with E-state index in [0.29, 0.717) is 12.0 Å². The molecule has 0 bridgehead atoms. The fraction of sp³-hybridized carbons (Fsp3) is 0.111. The van der Waals surface area contributed by atoms with Gasteiger partial charge < -0.3 is 14.8 Å². The van der Waals surface area contributed by atoms with Gasteiger partial charge in [0.15, 0.2) is 26.7 Å². The highest BCUT2D eigenvalue weighted by atomic mass is 32.2. The SMILES string of the molecule is CCS(=O)(=O)c1ccc(O)c(/N=N/c2c(S(=O)O)cc3cc(SOOO)cc(S(=O)(=O)O)c3c2O)c1. The second-order valence-corrected chi connectivity index (χ2v) is 12.2. The minimum atomic E-state index is -5.00. The zero-order valence-electron chi connectivity index (χ0n) is 17.8. The highest BCUT2D eigenvalue weighted by Gasteiger charge is 2.25. The summed E-state index contributed by atoms with van der Waals surface area (Å²) in [5, 5.41) is 39.3. The van der Waals surface area contributed by atoms with Crippen LogP contribution in [0.4, 0.5) is 11.4 Å². The number of azo groups is 1. The first-order valence-electron chi connectivity index (χ1n) is 9.34. The molecule has 0 saturated heterocycles. The Morgan fingerprint density at radius 3 is 2.33 bits per heavy atom. The molecule has 0 aliphatic heterocycles. The van der Waals surface area contributed by atoms with Gasteiger partial charge in [-0.1, -0.05) is 12.0 Å². The summed E-state index contributed by atoms with van der Waals surface area (Å²) in [5.41, 5.74) is -1.08. The molecular weight excluding hydrogens is 564 g/mol. The van der Waals surface area contributed by atoms with Crippen molar-refractivity contribution in [2.45, 2.75) is 26.5 Å². The third-order valence-electron chi connectivity index (χ3n) is 4.66. The zero-order chi connectivity index (χ0) is 26.8. The number of sulfone groups is 1. The predicted molar refractivity (Wildman–Crippen MR) is 125 cm³/mol. The number of rotatable bonds is 9. The van der Waals surface area contributed by atoms with Crippen LogP contribution in [-0.2, 0) is 40.4 Å². The third kappa shape index (κ3) is 5.82. The first-order chi connectivity index (χ1) is 16.8. The van der Waals surface area contributed by atoms with Crippen molar-refractivity contribution in [3.63, 3.8) is 0 Å². The molecule has 36 heavy (non-hydrogen) atoms. The van der Waals surface area contributed by atoms with Crippen molar-refractivity contribution in [2.75, 3.05) is 5.75 Å². The fourth-order valence-corrected chi connectivity index (χ4v) is 5.71. The van der Waals surface area contributed by atoms with Gasteiger partial charge in [-0.05, 0) is 41.8 Å². The minimum Gasteiger partial charge on any atom is -0.506 e. The van der Waals surface area contributed by atoms with E-state index in [1.165, 1.54) is 13.0 Å². The summed E-state index contributed by atoms with van der Waals surface area (Å²) in [5.74, 6) is -1.73. The summed E-state index contributed by atoms with van der Waals surface area (Å²) in [4.78, 5) is -1.67. The average Bonchev–Trinajstić information content (AvgIpc) is 2.81. The van der Waals surface area contributed by atoms with Crippen LogP contribution in [0.25, 0.3) is 10.8 Å². The van der Waals surface area contributed by atoms with E-state index >= 15 is 0 Å². The Bertz CT molecular complexity index is 1600. The molecule has 0 aromatic heterocycles. The first kappa shape index (κ1) is 27.9. The monoisotopic (exact) mass is 580 g/mol. The maximum Gasteiger partial charge on any atom is 0.295 e. The molecule has 1 atom stereocenters. The average molecular weight is 581 g/mol. The van der Waals surface area contributed by atoms with E-state index in [4.69, 9.17) is 5.26 Å². The molecule has 0 aliphatic carbocycles. The molecule has 194 valence electrons. The van der Waals surface area contributed by atoms with E-state index in [0.717, 1.165) is 30.3 Å². The van der Waals surface area contributed by atoms with Gasteiger partial charge in [0.05, 0.1) is 27.6 Å². The van der Waals surface area contributed by atoms with Crippen LogP contribution in [0.2, 0.25) is 0 Å². The van der Waals surface area contributed by atoms with Crippen LogP contribution in [0.15, 0.2) is 66.2 Å². The Morgan fingerprint density at radius 2 is 1.75 bits per heavy atom. The van der Waals surface area contributed by atoms with E-state index in [9.17, 15) is 40.4 Å². The number of hydrogen-bond acceptors (Lipinski definition) is 13. The number of aromatic hydroxyl groups is 2. The van der Waals surface area contributed by atoms with Crippen molar-refractivity contribution in [3.8, 4) is 11.5 Å². The minimum absolute atomic E-state index is 0.0634. The van der Waals surface area contributed by atoms with Gasteiger partial charge >= 0.3 is 0 Å². The quantitative estimate of drug-likeness (QED) is 0.0607. The Balaban J connectivity index is 2.30. The molecule has 0 fully saturated rings. The van der Waals surface area contributed by atoms with Gasteiger partial charge in [0.25, 0.3) is 10.1 Å². The van der Waals surface area contributed by atoms with Crippen LogP contribution in [0.1, 0.15) is 6.92 Å². The van der Waals surface area contributed by atoms with Crippen LogP contribution in [0, 0.1) is 0 Å². The number of phenolic OH excluding ortho intramolecular Hbond substituents is 2. The van der Waals surface area contributed by atoms with Crippen LogP contribution in [-0.4, -0.2) is 51.4 Å². The van der Waals surface area contributed by atoms with Crippen LogP contribution >= 0.6 is 12.0 Å². The molecule has 0 saturated carbocycles.